The van der Waals surface area contributed by atoms with Gasteiger partial charge in [0.15, 0.2) is 0 Å². The quantitative estimate of drug-likeness (QED) is 0.571. The van der Waals surface area contributed by atoms with E-state index in [1.807, 2.05) is 11.6 Å². The van der Waals surface area contributed by atoms with E-state index in [0.29, 0.717) is 38.1 Å². The Balaban J connectivity index is 1.47. The molecule has 156 valence electrons. The summed E-state index contributed by atoms with van der Waals surface area (Å²) in [4.78, 5) is 24.8. The number of aryl methyl sites for hydroxylation is 2. The first-order chi connectivity index (χ1) is 14.1. The van der Waals surface area contributed by atoms with Crippen LogP contribution < -0.4 is 5.32 Å². The number of aromatic nitrogens is 3. The maximum absolute atomic E-state index is 12.8. The average Bonchev–Trinajstić information content (AvgIpc) is 3.36. The Morgan fingerprint density at radius 3 is 2.97 bits per heavy atom. The Morgan fingerprint density at radius 2 is 2.24 bits per heavy atom. The minimum atomic E-state index is -0.354. The fraction of sp³-hybridized carbons (Fsp3) is 0.600. The normalized spacial score (nSPS) is 18.2. The van der Waals surface area contributed by atoms with Crippen molar-refractivity contribution >= 4 is 23.4 Å². The number of hydrogen-bond donors (Lipinski definition) is 1. The van der Waals surface area contributed by atoms with Gasteiger partial charge < -0.3 is 14.8 Å². The Hall–Kier alpha value is -2.26. The van der Waals surface area contributed by atoms with Crippen molar-refractivity contribution in [1.82, 2.24) is 19.5 Å². The summed E-state index contributed by atoms with van der Waals surface area (Å²) in [7, 11) is 0. The van der Waals surface area contributed by atoms with E-state index >= 15 is 0 Å². The molecule has 1 amide bonds. The van der Waals surface area contributed by atoms with Crippen molar-refractivity contribution < 1.29 is 19.1 Å². The predicted octanol–water partition coefficient (Wildman–Crippen LogP) is 2.23. The van der Waals surface area contributed by atoms with Crippen molar-refractivity contribution in [3.63, 3.8) is 0 Å². The van der Waals surface area contributed by atoms with Gasteiger partial charge in [-0.2, -0.15) is 5.10 Å². The molecule has 0 saturated carbocycles. The lowest BCUT2D eigenvalue weighted by Gasteiger charge is -2.36. The smallest absolute Gasteiger partial charge is 0.340 e. The van der Waals surface area contributed by atoms with Gasteiger partial charge in [-0.15, -0.1) is 0 Å². The Bertz CT molecular complexity index is 871. The number of nitrogens with one attached hydrogen (secondary N) is 1. The zero-order chi connectivity index (χ0) is 20.3. The molecular formula is C20H26N4O4S. The molecule has 0 bridgehead atoms. The molecule has 1 N–H and O–H groups in total. The molecule has 0 aromatic carbocycles. The van der Waals surface area contributed by atoms with Crippen LogP contribution in [-0.2, 0) is 28.9 Å². The topological polar surface area (TPSA) is 95.3 Å². The van der Waals surface area contributed by atoms with Crippen LogP contribution in [0.3, 0.4) is 0 Å². The second-order valence-electron chi connectivity index (χ2n) is 7.72. The molecule has 8 nitrogen and oxygen atoms in total. The van der Waals surface area contributed by atoms with Gasteiger partial charge in [0.1, 0.15) is 0 Å². The molecule has 0 aliphatic carbocycles. The van der Waals surface area contributed by atoms with Crippen LogP contribution in [0.15, 0.2) is 11.6 Å². The third kappa shape index (κ3) is 4.20. The van der Waals surface area contributed by atoms with E-state index in [1.54, 1.807) is 5.38 Å². The van der Waals surface area contributed by atoms with Crippen LogP contribution in [0.5, 0.6) is 0 Å². The van der Waals surface area contributed by atoms with Gasteiger partial charge in [-0.1, -0.05) is 6.92 Å². The number of rotatable bonds is 6. The van der Waals surface area contributed by atoms with Gasteiger partial charge in [0.2, 0.25) is 0 Å². The van der Waals surface area contributed by atoms with Gasteiger partial charge in [0.05, 0.1) is 35.3 Å². The Labute approximate surface area is 173 Å². The van der Waals surface area contributed by atoms with Crippen LogP contribution >= 0.6 is 11.5 Å². The third-order valence-corrected chi connectivity index (χ3v) is 6.41. The van der Waals surface area contributed by atoms with E-state index in [-0.39, 0.29) is 17.3 Å². The SMILES string of the molecule is CCc1nn(CCCOC(=O)c2cnsc2)c2c1C(=O)NCC1(CCOCC1)C2. The number of fused-ring (bicyclic) bond motifs is 1. The molecule has 1 spiro atoms. The Morgan fingerprint density at radius 1 is 1.41 bits per heavy atom. The number of ether oxygens (including phenoxy) is 2. The number of amides is 1. The average molecular weight is 419 g/mol. The van der Waals surface area contributed by atoms with Crippen molar-refractivity contribution in [1.29, 1.82) is 0 Å². The van der Waals surface area contributed by atoms with Gasteiger partial charge in [-0.3, -0.25) is 9.48 Å². The fourth-order valence-corrected chi connectivity index (χ4v) is 4.63. The van der Waals surface area contributed by atoms with Crippen LogP contribution in [0.25, 0.3) is 0 Å². The minimum Gasteiger partial charge on any atom is -0.462 e. The predicted molar refractivity (Wildman–Crippen MR) is 107 cm³/mol. The van der Waals surface area contributed by atoms with E-state index in [1.165, 1.54) is 17.7 Å². The van der Waals surface area contributed by atoms with Gasteiger partial charge in [-0.25, -0.2) is 9.17 Å². The van der Waals surface area contributed by atoms with Crippen molar-refractivity contribution in [2.45, 2.75) is 45.6 Å². The molecule has 1 saturated heterocycles. The van der Waals surface area contributed by atoms with Crippen LogP contribution in [-0.4, -0.2) is 52.4 Å². The molecular weight excluding hydrogens is 392 g/mol. The van der Waals surface area contributed by atoms with Crippen LogP contribution in [0.2, 0.25) is 0 Å². The number of carbonyl (C=O) groups is 2. The van der Waals surface area contributed by atoms with Crippen molar-refractivity contribution in [2.24, 2.45) is 5.41 Å². The highest BCUT2D eigenvalue weighted by Crippen LogP contribution is 2.37. The highest BCUT2D eigenvalue weighted by Gasteiger charge is 2.39. The fourth-order valence-electron chi connectivity index (χ4n) is 4.13. The van der Waals surface area contributed by atoms with E-state index in [4.69, 9.17) is 14.6 Å². The summed E-state index contributed by atoms with van der Waals surface area (Å²) in [6, 6.07) is 0. The molecule has 2 aliphatic heterocycles. The summed E-state index contributed by atoms with van der Waals surface area (Å²) in [5, 5.41) is 9.52. The van der Waals surface area contributed by atoms with Crippen LogP contribution in [0.1, 0.15) is 58.3 Å². The van der Waals surface area contributed by atoms with Crippen LogP contribution in [0, 0.1) is 5.41 Å². The number of esters is 1. The molecule has 2 aromatic heterocycles. The van der Waals surface area contributed by atoms with Crippen molar-refractivity contribution in [2.75, 3.05) is 26.4 Å². The first-order valence-corrected chi connectivity index (χ1v) is 11.0. The number of nitrogens with zero attached hydrogens (tertiary/aromatic N) is 3. The van der Waals surface area contributed by atoms with Gasteiger partial charge in [0, 0.05) is 38.1 Å². The molecule has 2 aliphatic rings. The first-order valence-electron chi connectivity index (χ1n) is 10.1. The first kappa shape index (κ1) is 20.0. The monoisotopic (exact) mass is 418 g/mol. The maximum atomic E-state index is 12.8. The minimum absolute atomic E-state index is 0.0251. The highest BCUT2D eigenvalue weighted by atomic mass is 32.1. The number of carbonyl (C=O) groups excluding carboxylic acids is 2. The zero-order valence-electron chi connectivity index (χ0n) is 16.6. The molecule has 4 rings (SSSR count). The zero-order valence-corrected chi connectivity index (χ0v) is 17.4. The number of hydrogen-bond acceptors (Lipinski definition) is 7. The lowest BCUT2D eigenvalue weighted by Crippen LogP contribution is -2.40. The Kier molecular flexibility index (Phi) is 5.96. The summed E-state index contributed by atoms with van der Waals surface area (Å²) in [6.45, 7) is 5.07. The molecule has 0 atom stereocenters. The third-order valence-electron chi connectivity index (χ3n) is 5.83. The van der Waals surface area contributed by atoms with Crippen molar-refractivity contribution in [3.05, 3.63) is 34.1 Å². The summed E-state index contributed by atoms with van der Waals surface area (Å²) >= 11 is 1.23. The van der Waals surface area contributed by atoms with E-state index in [0.717, 1.165) is 49.4 Å². The summed E-state index contributed by atoms with van der Waals surface area (Å²) in [6.07, 6.45) is 5.55. The van der Waals surface area contributed by atoms with Gasteiger partial charge in [-0.05, 0) is 42.6 Å². The lowest BCUT2D eigenvalue weighted by atomic mass is 9.76. The van der Waals surface area contributed by atoms with Crippen LogP contribution in [0.4, 0.5) is 0 Å². The molecule has 0 radical (unpaired) electrons. The molecule has 4 heterocycles. The molecule has 1 fully saturated rings. The van der Waals surface area contributed by atoms with E-state index in [2.05, 4.69) is 9.69 Å². The highest BCUT2D eigenvalue weighted by molar-refractivity contribution is 7.03. The van der Waals surface area contributed by atoms with E-state index in [9.17, 15) is 9.59 Å². The largest absolute Gasteiger partial charge is 0.462 e. The van der Waals surface area contributed by atoms with E-state index < -0.39 is 0 Å². The summed E-state index contributed by atoms with van der Waals surface area (Å²) in [5.74, 6) is -0.379. The maximum Gasteiger partial charge on any atom is 0.340 e. The molecule has 0 unspecified atom stereocenters. The van der Waals surface area contributed by atoms with Gasteiger partial charge in [0.25, 0.3) is 5.91 Å². The summed E-state index contributed by atoms with van der Waals surface area (Å²) in [5.41, 5.74) is 3.09. The lowest BCUT2D eigenvalue weighted by molar-refractivity contribution is 0.0152. The molecule has 9 heteroatoms. The second-order valence-corrected chi connectivity index (χ2v) is 8.38. The van der Waals surface area contributed by atoms with Gasteiger partial charge >= 0.3 is 5.97 Å². The summed E-state index contributed by atoms with van der Waals surface area (Å²) < 4.78 is 16.8. The standard InChI is InChI=1S/C20H26N4O4S/c1-2-15-17-16(10-20(13-21-18(17)25)4-8-27-9-5-20)24(23-15)6-3-7-28-19(26)14-11-22-29-12-14/h11-12H,2-10,13H2,1H3,(H,21,25). The molecule has 29 heavy (non-hydrogen) atoms. The second kappa shape index (κ2) is 8.62. The molecule has 2 aromatic rings. The van der Waals surface area contributed by atoms with Crippen molar-refractivity contribution in [3.8, 4) is 0 Å².